The highest BCUT2D eigenvalue weighted by atomic mass is 32.2. The lowest BCUT2D eigenvalue weighted by molar-refractivity contribution is -0.121. The van der Waals surface area contributed by atoms with Gasteiger partial charge < -0.3 is 10.2 Å². The summed E-state index contributed by atoms with van der Waals surface area (Å²) in [6.07, 6.45) is 4.25. The van der Waals surface area contributed by atoms with Crippen molar-refractivity contribution in [2.45, 2.75) is 30.7 Å². The molecule has 1 amide bonds. The van der Waals surface area contributed by atoms with Crippen LogP contribution in [-0.4, -0.2) is 38.9 Å². The molecule has 0 unspecified atom stereocenters. The molecule has 8 heteroatoms. The van der Waals surface area contributed by atoms with Crippen LogP contribution in [0.1, 0.15) is 24.8 Å². The van der Waals surface area contributed by atoms with E-state index in [0.29, 0.717) is 6.54 Å². The number of rotatable bonds is 8. The van der Waals surface area contributed by atoms with E-state index in [1.54, 1.807) is 24.4 Å². The van der Waals surface area contributed by atoms with Gasteiger partial charge in [0.1, 0.15) is 5.82 Å². The van der Waals surface area contributed by atoms with Crippen molar-refractivity contribution >= 4 is 21.7 Å². The largest absolute Gasteiger partial charge is 0.357 e. The quantitative estimate of drug-likeness (QED) is 0.718. The average molecular weight is 388 g/mol. The predicted octanol–water partition coefficient (Wildman–Crippen LogP) is 1.67. The van der Waals surface area contributed by atoms with Crippen molar-refractivity contribution in [1.29, 1.82) is 0 Å². The molecule has 1 aliphatic rings. The number of pyridine rings is 1. The first-order valence-electron chi connectivity index (χ1n) is 9.06. The smallest absolute Gasteiger partial charge is 0.240 e. The Bertz CT molecular complexity index is 848. The molecule has 7 nitrogen and oxygen atoms in total. The molecule has 2 N–H and O–H groups in total. The number of benzene rings is 1. The molecule has 0 radical (unpaired) electrons. The zero-order valence-electron chi connectivity index (χ0n) is 15.1. The Morgan fingerprint density at radius 3 is 2.48 bits per heavy atom. The lowest BCUT2D eigenvalue weighted by atomic mass is 10.2. The minimum absolute atomic E-state index is 0.0508. The van der Waals surface area contributed by atoms with Crippen molar-refractivity contribution < 1.29 is 13.2 Å². The monoisotopic (exact) mass is 388 g/mol. The second-order valence-electron chi connectivity index (χ2n) is 6.46. The van der Waals surface area contributed by atoms with E-state index in [-0.39, 0.29) is 23.8 Å². The Labute approximate surface area is 159 Å². The number of nitrogens with one attached hydrogen (secondary N) is 2. The van der Waals surface area contributed by atoms with Gasteiger partial charge in [0.25, 0.3) is 0 Å². The maximum absolute atomic E-state index is 12.1. The molecule has 0 saturated carbocycles. The van der Waals surface area contributed by atoms with Crippen LogP contribution in [0.3, 0.4) is 0 Å². The number of sulfonamides is 1. The number of hydrogen-bond acceptors (Lipinski definition) is 5. The van der Waals surface area contributed by atoms with Crippen LogP contribution in [0.25, 0.3) is 0 Å². The number of nitrogens with zero attached hydrogens (tertiary/aromatic N) is 2. The highest BCUT2D eigenvalue weighted by molar-refractivity contribution is 7.89. The Balaban J connectivity index is 1.40. The SMILES string of the molecule is O=C(CCNS(=O)(=O)c1ccccc1)NCc1ccc(N2CCCC2)nc1. The van der Waals surface area contributed by atoms with Gasteiger partial charge >= 0.3 is 0 Å². The molecule has 1 aliphatic heterocycles. The molecule has 3 rings (SSSR count). The van der Waals surface area contributed by atoms with Crippen molar-refractivity contribution in [2.24, 2.45) is 0 Å². The fourth-order valence-corrected chi connectivity index (χ4v) is 3.98. The van der Waals surface area contributed by atoms with E-state index in [4.69, 9.17) is 0 Å². The van der Waals surface area contributed by atoms with Crippen molar-refractivity contribution in [2.75, 3.05) is 24.5 Å². The molecule has 1 fully saturated rings. The minimum atomic E-state index is -3.58. The third-order valence-corrected chi connectivity index (χ3v) is 5.90. The fourth-order valence-electron chi connectivity index (χ4n) is 2.93. The third-order valence-electron chi connectivity index (χ3n) is 4.43. The van der Waals surface area contributed by atoms with Gasteiger partial charge in [-0.05, 0) is 36.6 Å². The molecule has 1 aromatic heterocycles. The second-order valence-corrected chi connectivity index (χ2v) is 8.22. The number of hydrogen-bond donors (Lipinski definition) is 2. The van der Waals surface area contributed by atoms with E-state index in [2.05, 4.69) is 19.9 Å². The van der Waals surface area contributed by atoms with Gasteiger partial charge in [-0.15, -0.1) is 0 Å². The topological polar surface area (TPSA) is 91.4 Å². The molecule has 2 heterocycles. The maximum atomic E-state index is 12.1. The number of anilines is 1. The Morgan fingerprint density at radius 2 is 1.81 bits per heavy atom. The summed E-state index contributed by atoms with van der Waals surface area (Å²) in [5.41, 5.74) is 0.913. The standard InChI is InChI=1S/C19H24N4O3S/c24-19(10-11-22-27(25,26)17-6-2-1-3-7-17)21-15-16-8-9-18(20-14-16)23-12-4-5-13-23/h1-3,6-9,14,22H,4-5,10-13,15H2,(H,21,24). The van der Waals surface area contributed by atoms with Gasteiger partial charge in [-0.3, -0.25) is 4.79 Å². The van der Waals surface area contributed by atoms with Gasteiger partial charge in [-0.1, -0.05) is 24.3 Å². The second kappa shape index (κ2) is 8.96. The first-order chi connectivity index (χ1) is 13.0. The van der Waals surface area contributed by atoms with E-state index in [1.807, 2.05) is 12.1 Å². The van der Waals surface area contributed by atoms with Gasteiger partial charge in [-0.2, -0.15) is 0 Å². The summed E-state index contributed by atoms with van der Waals surface area (Å²) < 4.78 is 26.6. The average Bonchev–Trinajstić information content (AvgIpc) is 3.22. The first kappa shape index (κ1) is 19.3. The summed E-state index contributed by atoms with van der Waals surface area (Å²) in [4.78, 5) is 18.8. The highest BCUT2D eigenvalue weighted by Gasteiger charge is 2.14. The Hall–Kier alpha value is -2.45. The number of carbonyl (C=O) groups excluding carboxylic acids is 1. The van der Waals surface area contributed by atoms with Crippen LogP contribution in [0, 0.1) is 0 Å². The molecular formula is C19H24N4O3S. The van der Waals surface area contributed by atoms with Gasteiger partial charge in [0, 0.05) is 38.8 Å². The van der Waals surface area contributed by atoms with Crippen LogP contribution < -0.4 is 14.9 Å². The fraction of sp³-hybridized carbons (Fsp3) is 0.368. The number of amides is 1. The zero-order valence-corrected chi connectivity index (χ0v) is 15.9. The molecule has 0 atom stereocenters. The molecule has 0 aliphatic carbocycles. The van der Waals surface area contributed by atoms with Crippen LogP contribution in [0.5, 0.6) is 0 Å². The van der Waals surface area contributed by atoms with Gasteiger partial charge in [-0.25, -0.2) is 18.1 Å². The van der Waals surface area contributed by atoms with Crippen molar-refractivity contribution in [1.82, 2.24) is 15.0 Å². The normalized spacial score (nSPS) is 14.3. The molecule has 1 saturated heterocycles. The lowest BCUT2D eigenvalue weighted by Crippen LogP contribution is -2.30. The molecular weight excluding hydrogens is 364 g/mol. The van der Waals surface area contributed by atoms with Crippen LogP contribution in [0.15, 0.2) is 53.6 Å². The molecule has 2 aromatic rings. The van der Waals surface area contributed by atoms with Gasteiger partial charge in [0.15, 0.2) is 0 Å². The van der Waals surface area contributed by atoms with Crippen LogP contribution in [0.2, 0.25) is 0 Å². The van der Waals surface area contributed by atoms with Crippen molar-refractivity contribution in [3.8, 4) is 0 Å². The molecule has 144 valence electrons. The first-order valence-corrected chi connectivity index (χ1v) is 10.5. The van der Waals surface area contributed by atoms with E-state index in [9.17, 15) is 13.2 Å². The van der Waals surface area contributed by atoms with E-state index in [1.165, 1.54) is 25.0 Å². The van der Waals surface area contributed by atoms with Crippen molar-refractivity contribution in [3.05, 3.63) is 54.2 Å². The van der Waals surface area contributed by atoms with Crippen LogP contribution >= 0.6 is 0 Å². The lowest BCUT2D eigenvalue weighted by Gasteiger charge is -2.16. The zero-order chi connectivity index (χ0) is 19.1. The third kappa shape index (κ3) is 5.51. The summed E-state index contributed by atoms with van der Waals surface area (Å²) in [6.45, 7) is 2.51. The summed E-state index contributed by atoms with van der Waals surface area (Å²) in [7, 11) is -3.58. The summed E-state index contributed by atoms with van der Waals surface area (Å²) in [5.74, 6) is 0.757. The minimum Gasteiger partial charge on any atom is -0.357 e. The Morgan fingerprint density at radius 1 is 1.07 bits per heavy atom. The molecule has 27 heavy (non-hydrogen) atoms. The number of carbonyl (C=O) groups is 1. The summed E-state index contributed by atoms with van der Waals surface area (Å²) >= 11 is 0. The van der Waals surface area contributed by atoms with E-state index >= 15 is 0 Å². The number of aromatic nitrogens is 1. The summed E-state index contributed by atoms with van der Waals surface area (Å²) in [5, 5.41) is 2.79. The van der Waals surface area contributed by atoms with Crippen LogP contribution in [-0.2, 0) is 21.4 Å². The van der Waals surface area contributed by atoms with Crippen molar-refractivity contribution in [3.63, 3.8) is 0 Å². The molecule has 0 spiro atoms. The van der Waals surface area contributed by atoms with E-state index < -0.39 is 10.0 Å². The van der Waals surface area contributed by atoms with Gasteiger partial charge in [0.2, 0.25) is 15.9 Å². The summed E-state index contributed by atoms with van der Waals surface area (Å²) in [6, 6.07) is 12.0. The van der Waals surface area contributed by atoms with Crippen LogP contribution in [0.4, 0.5) is 5.82 Å². The highest BCUT2D eigenvalue weighted by Crippen LogP contribution is 2.17. The molecule has 0 bridgehead atoms. The predicted molar refractivity (Wildman–Crippen MR) is 104 cm³/mol. The molecule has 1 aromatic carbocycles. The maximum Gasteiger partial charge on any atom is 0.240 e. The van der Waals surface area contributed by atoms with Gasteiger partial charge in [0.05, 0.1) is 4.90 Å². The Kier molecular flexibility index (Phi) is 6.41. The van der Waals surface area contributed by atoms with E-state index in [0.717, 1.165) is 24.5 Å².